The van der Waals surface area contributed by atoms with Crippen LogP contribution < -0.4 is 0 Å². The molecule has 1 aliphatic rings. The van der Waals surface area contributed by atoms with Crippen molar-refractivity contribution in [2.24, 2.45) is 0 Å². The molecule has 0 radical (unpaired) electrons. The summed E-state index contributed by atoms with van der Waals surface area (Å²) in [5, 5.41) is 13.5. The molecule has 3 rings (SSSR count). The lowest BCUT2D eigenvalue weighted by molar-refractivity contribution is -0.132. The maximum absolute atomic E-state index is 12.1. The van der Waals surface area contributed by atoms with Crippen LogP contribution in [-0.2, 0) is 11.2 Å². The molecule has 0 atom stereocenters. The van der Waals surface area contributed by atoms with Gasteiger partial charge in [-0.3, -0.25) is 9.69 Å². The molecule has 0 aliphatic carbocycles. The zero-order valence-electron chi connectivity index (χ0n) is 12.9. The van der Waals surface area contributed by atoms with Gasteiger partial charge < -0.3 is 4.90 Å². The fraction of sp³-hybridized carbons (Fsp3) is 0.375. The van der Waals surface area contributed by atoms with E-state index in [-0.39, 0.29) is 12.3 Å². The molecule has 1 saturated heterocycles. The summed E-state index contributed by atoms with van der Waals surface area (Å²) in [4.78, 5) is 16.4. The van der Waals surface area contributed by atoms with Crippen molar-refractivity contribution in [3.63, 3.8) is 0 Å². The molecule has 1 aromatic heterocycles. The number of H-pyrrole nitrogens is 1. The van der Waals surface area contributed by atoms with Gasteiger partial charge in [-0.15, -0.1) is 10.2 Å². The van der Waals surface area contributed by atoms with E-state index in [4.69, 9.17) is 0 Å². The molecular formula is C16H20N6O. The van der Waals surface area contributed by atoms with Gasteiger partial charge in [0.25, 0.3) is 0 Å². The van der Waals surface area contributed by atoms with Crippen molar-refractivity contribution in [3.05, 3.63) is 47.8 Å². The van der Waals surface area contributed by atoms with Crippen LogP contribution in [0.2, 0.25) is 0 Å². The Morgan fingerprint density at radius 1 is 1.17 bits per heavy atom. The minimum atomic E-state index is 0.0610. The Balaban J connectivity index is 1.41. The first-order valence-corrected chi connectivity index (χ1v) is 7.75. The fourth-order valence-electron chi connectivity index (χ4n) is 2.59. The summed E-state index contributed by atoms with van der Waals surface area (Å²) < 4.78 is 0. The first kappa shape index (κ1) is 15.4. The molecule has 0 spiro atoms. The van der Waals surface area contributed by atoms with Crippen molar-refractivity contribution in [2.75, 3.05) is 32.7 Å². The number of hydrogen-bond acceptors (Lipinski definition) is 5. The van der Waals surface area contributed by atoms with Crippen LogP contribution in [0.1, 0.15) is 11.4 Å². The minimum absolute atomic E-state index is 0.0610. The highest BCUT2D eigenvalue weighted by Gasteiger charge is 2.21. The van der Waals surface area contributed by atoms with E-state index in [1.165, 1.54) is 5.56 Å². The first-order chi connectivity index (χ1) is 11.3. The highest BCUT2D eigenvalue weighted by molar-refractivity contribution is 5.78. The summed E-state index contributed by atoms with van der Waals surface area (Å²) in [5.41, 5.74) is 1.21. The smallest absolute Gasteiger partial charge is 0.230 e. The zero-order chi connectivity index (χ0) is 15.9. The maximum Gasteiger partial charge on any atom is 0.230 e. The predicted octanol–water partition coefficient (Wildman–Crippen LogP) is 0.600. The third-order valence-electron chi connectivity index (χ3n) is 3.90. The number of amides is 1. The molecule has 0 bridgehead atoms. The van der Waals surface area contributed by atoms with E-state index >= 15 is 0 Å². The molecule has 2 aromatic rings. The Kier molecular flexibility index (Phi) is 5.10. The molecule has 23 heavy (non-hydrogen) atoms. The number of rotatable bonds is 5. The molecule has 7 heteroatoms. The molecule has 120 valence electrons. The summed E-state index contributed by atoms with van der Waals surface area (Å²) >= 11 is 0. The third kappa shape index (κ3) is 4.46. The van der Waals surface area contributed by atoms with Gasteiger partial charge >= 0.3 is 0 Å². The van der Waals surface area contributed by atoms with Gasteiger partial charge in [0.05, 0.1) is 6.42 Å². The van der Waals surface area contributed by atoms with Crippen molar-refractivity contribution in [1.29, 1.82) is 0 Å². The van der Waals surface area contributed by atoms with Gasteiger partial charge in [0.1, 0.15) is 0 Å². The van der Waals surface area contributed by atoms with E-state index in [0.29, 0.717) is 5.82 Å². The summed E-state index contributed by atoms with van der Waals surface area (Å²) in [6.45, 7) is 4.17. The molecule has 0 unspecified atom stereocenters. The Morgan fingerprint density at radius 3 is 2.65 bits per heavy atom. The Bertz CT molecular complexity index is 632. The van der Waals surface area contributed by atoms with Crippen LogP contribution in [0.4, 0.5) is 0 Å². The van der Waals surface area contributed by atoms with E-state index in [1.807, 2.05) is 23.1 Å². The number of nitrogens with one attached hydrogen (secondary N) is 1. The molecule has 0 saturated carbocycles. The number of aromatic nitrogens is 4. The second kappa shape index (κ2) is 7.64. The number of tetrazole rings is 1. The van der Waals surface area contributed by atoms with E-state index in [1.54, 1.807) is 0 Å². The summed E-state index contributed by atoms with van der Waals surface area (Å²) in [7, 11) is 0. The van der Waals surface area contributed by atoms with Gasteiger partial charge in [0, 0.05) is 32.7 Å². The SMILES string of the molecule is O=C(Cc1nn[nH]n1)N1CCN(C/C=C/c2ccccc2)CC1. The normalized spacial score (nSPS) is 16.1. The lowest BCUT2D eigenvalue weighted by Crippen LogP contribution is -2.49. The Morgan fingerprint density at radius 2 is 1.96 bits per heavy atom. The molecular weight excluding hydrogens is 292 g/mol. The van der Waals surface area contributed by atoms with Gasteiger partial charge in [-0.1, -0.05) is 47.7 Å². The van der Waals surface area contributed by atoms with E-state index < -0.39 is 0 Å². The lowest BCUT2D eigenvalue weighted by Gasteiger charge is -2.34. The number of benzene rings is 1. The number of carbonyl (C=O) groups excluding carboxylic acids is 1. The molecule has 1 fully saturated rings. The van der Waals surface area contributed by atoms with Gasteiger partial charge in [0.15, 0.2) is 5.82 Å². The van der Waals surface area contributed by atoms with Crippen LogP contribution in [0.15, 0.2) is 36.4 Å². The second-order valence-electron chi connectivity index (χ2n) is 5.50. The third-order valence-corrected chi connectivity index (χ3v) is 3.90. The number of piperazine rings is 1. The van der Waals surface area contributed by atoms with Gasteiger partial charge in [-0.05, 0) is 5.56 Å². The van der Waals surface area contributed by atoms with E-state index in [0.717, 1.165) is 32.7 Å². The molecule has 1 amide bonds. The van der Waals surface area contributed by atoms with Crippen molar-refractivity contribution >= 4 is 12.0 Å². The summed E-state index contributed by atoms with van der Waals surface area (Å²) in [6, 6.07) is 10.3. The monoisotopic (exact) mass is 312 g/mol. The quantitative estimate of drug-likeness (QED) is 0.875. The van der Waals surface area contributed by atoms with Gasteiger partial charge in [-0.25, -0.2) is 0 Å². The molecule has 7 nitrogen and oxygen atoms in total. The average Bonchev–Trinajstić information content (AvgIpc) is 3.09. The van der Waals surface area contributed by atoms with Crippen LogP contribution in [0.25, 0.3) is 6.08 Å². The highest BCUT2D eigenvalue weighted by Crippen LogP contribution is 2.06. The van der Waals surface area contributed by atoms with Crippen molar-refractivity contribution in [2.45, 2.75) is 6.42 Å². The Hall–Kier alpha value is -2.54. The van der Waals surface area contributed by atoms with E-state index in [9.17, 15) is 4.79 Å². The largest absolute Gasteiger partial charge is 0.340 e. The van der Waals surface area contributed by atoms with E-state index in [2.05, 4.69) is 49.8 Å². The molecule has 2 heterocycles. The maximum atomic E-state index is 12.1. The van der Waals surface area contributed by atoms with Crippen LogP contribution in [0.3, 0.4) is 0 Å². The average molecular weight is 312 g/mol. The highest BCUT2D eigenvalue weighted by atomic mass is 16.2. The standard InChI is InChI=1S/C16H20N6O/c23-16(13-15-17-19-20-18-15)22-11-9-21(10-12-22)8-4-7-14-5-2-1-3-6-14/h1-7H,8-13H2,(H,17,18,19,20)/b7-4+. The topological polar surface area (TPSA) is 78.0 Å². The van der Waals surface area contributed by atoms with Crippen molar-refractivity contribution in [3.8, 4) is 0 Å². The predicted molar refractivity (Wildman–Crippen MR) is 86.4 cm³/mol. The molecule has 1 aliphatic heterocycles. The number of hydrogen-bond donors (Lipinski definition) is 1. The summed E-state index contributed by atoms with van der Waals surface area (Å²) in [6.07, 6.45) is 4.52. The molecule has 1 N–H and O–H groups in total. The minimum Gasteiger partial charge on any atom is -0.340 e. The lowest BCUT2D eigenvalue weighted by atomic mass is 10.2. The van der Waals surface area contributed by atoms with Crippen LogP contribution in [0.5, 0.6) is 0 Å². The number of nitrogens with zero attached hydrogens (tertiary/aromatic N) is 5. The number of aromatic amines is 1. The summed E-state index contributed by atoms with van der Waals surface area (Å²) in [5.74, 6) is 0.508. The van der Waals surface area contributed by atoms with Crippen molar-refractivity contribution < 1.29 is 4.79 Å². The molecule has 1 aromatic carbocycles. The Labute approximate surface area is 135 Å². The zero-order valence-corrected chi connectivity index (χ0v) is 12.9. The van der Waals surface area contributed by atoms with Crippen LogP contribution in [0, 0.1) is 0 Å². The van der Waals surface area contributed by atoms with Crippen LogP contribution >= 0.6 is 0 Å². The fourth-order valence-corrected chi connectivity index (χ4v) is 2.59. The van der Waals surface area contributed by atoms with Gasteiger partial charge in [0.2, 0.25) is 5.91 Å². The van der Waals surface area contributed by atoms with Crippen LogP contribution in [-0.4, -0.2) is 69.1 Å². The van der Waals surface area contributed by atoms with Crippen molar-refractivity contribution in [1.82, 2.24) is 30.4 Å². The second-order valence-corrected chi connectivity index (χ2v) is 5.50. The first-order valence-electron chi connectivity index (χ1n) is 7.75. The number of carbonyl (C=O) groups is 1. The van der Waals surface area contributed by atoms with Gasteiger partial charge in [-0.2, -0.15) is 5.21 Å².